The molecule has 3 aromatic carbocycles. The zero-order chi connectivity index (χ0) is 22.1. The highest BCUT2D eigenvalue weighted by Crippen LogP contribution is 2.42. The molecule has 1 aliphatic rings. The number of hydrogen-bond donors (Lipinski definition) is 0. The number of rotatable bonds is 4. The average Bonchev–Trinajstić information content (AvgIpc) is 3.33. The lowest BCUT2D eigenvalue weighted by Gasteiger charge is -2.39. The molecule has 0 saturated carbocycles. The molecule has 160 valence electrons. The molecule has 2 atom stereocenters. The van der Waals surface area contributed by atoms with Crippen LogP contribution in [0.1, 0.15) is 45.6 Å². The summed E-state index contributed by atoms with van der Waals surface area (Å²) in [6, 6.07) is 25.6. The van der Waals surface area contributed by atoms with Gasteiger partial charge in [-0.3, -0.25) is 9.69 Å². The van der Waals surface area contributed by atoms with Crippen molar-refractivity contribution in [2.24, 2.45) is 0 Å². The van der Waals surface area contributed by atoms with Crippen molar-refractivity contribution in [1.82, 2.24) is 14.8 Å². The fraction of sp³-hybridized carbons (Fsp3) is 0.192. The number of aryl methyl sites for hydroxylation is 1. The molecule has 1 aromatic heterocycles. The monoisotopic (exact) mass is 424 g/mol. The Kier molecular flexibility index (Phi) is 5.19. The minimum Gasteiger partial charge on any atom is -0.497 e. The number of amides is 1. The fourth-order valence-electron chi connectivity index (χ4n) is 4.32. The Morgan fingerprint density at radius 1 is 0.906 bits per heavy atom. The standard InChI is InChI=1S/C26H24N4O2/c1-18-8-10-20(11-9-18)23-16-24(19-6-4-3-5-7-19)30-26(27-17-28-30)29(23)25(31)21-12-14-22(32-2)15-13-21/h3-15,17,23-24H,16H2,1-2H3/t23-,24+/m0/s1. The second-order valence-electron chi connectivity index (χ2n) is 8.00. The highest BCUT2D eigenvalue weighted by atomic mass is 16.5. The highest BCUT2D eigenvalue weighted by molar-refractivity contribution is 6.06. The fourth-order valence-corrected chi connectivity index (χ4v) is 4.32. The van der Waals surface area contributed by atoms with Gasteiger partial charge in [0.15, 0.2) is 0 Å². The van der Waals surface area contributed by atoms with Crippen LogP contribution < -0.4 is 9.64 Å². The third-order valence-electron chi connectivity index (χ3n) is 6.03. The van der Waals surface area contributed by atoms with Crippen LogP contribution in [0, 0.1) is 6.92 Å². The van der Waals surface area contributed by atoms with Crippen LogP contribution in [-0.2, 0) is 0 Å². The van der Waals surface area contributed by atoms with E-state index in [9.17, 15) is 4.79 Å². The van der Waals surface area contributed by atoms with E-state index < -0.39 is 0 Å². The Bertz CT molecular complexity index is 1220. The molecule has 6 nitrogen and oxygen atoms in total. The molecule has 4 aromatic rings. The van der Waals surface area contributed by atoms with E-state index in [0.717, 1.165) is 11.1 Å². The van der Waals surface area contributed by atoms with E-state index >= 15 is 0 Å². The zero-order valence-electron chi connectivity index (χ0n) is 18.1. The molecule has 6 heteroatoms. The van der Waals surface area contributed by atoms with Gasteiger partial charge in [-0.15, -0.1) is 0 Å². The van der Waals surface area contributed by atoms with Crippen LogP contribution >= 0.6 is 0 Å². The van der Waals surface area contributed by atoms with Crippen LogP contribution in [0.4, 0.5) is 5.95 Å². The smallest absolute Gasteiger partial charge is 0.261 e. The Morgan fingerprint density at radius 3 is 2.28 bits per heavy atom. The predicted octanol–water partition coefficient (Wildman–Crippen LogP) is 4.98. The molecule has 0 unspecified atom stereocenters. The molecule has 0 radical (unpaired) electrons. The molecule has 5 rings (SSSR count). The normalized spacial score (nSPS) is 17.6. The van der Waals surface area contributed by atoms with Crippen molar-refractivity contribution in [3.63, 3.8) is 0 Å². The summed E-state index contributed by atoms with van der Waals surface area (Å²) in [4.78, 5) is 20.1. The molecule has 0 fully saturated rings. The first-order valence-electron chi connectivity index (χ1n) is 10.6. The third kappa shape index (κ3) is 3.54. The number of carbonyl (C=O) groups is 1. The van der Waals surface area contributed by atoms with Crippen molar-refractivity contribution in [3.05, 3.63) is 107 Å². The molecule has 32 heavy (non-hydrogen) atoms. The Morgan fingerprint density at radius 2 is 1.59 bits per heavy atom. The van der Waals surface area contributed by atoms with Gasteiger partial charge in [-0.05, 0) is 48.7 Å². The number of fused-ring (bicyclic) bond motifs is 1. The van der Waals surface area contributed by atoms with Crippen LogP contribution in [-0.4, -0.2) is 27.8 Å². The SMILES string of the molecule is COc1ccc(C(=O)N2c3ncnn3[C@@H](c3ccccc3)C[C@H]2c2ccc(C)cc2)cc1. The molecule has 2 heterocycles. The summed E-state index contributed by atoms with van der Waals surface area (Å²) in [6.45, 7) is 2.06. The molecule has 0 N–H and O–H groups in total. The third-order valence-corrected chi connectivity index (χ3v) is 6.03. The van der Waals surface area contributed by atoms with Gasteiger partial charge in [-0.2, -0.15) is 10.1 Å². The second kappa shape index (κ2) is 8.30. The summed E-state index contributed by atoms with van der Waals surface area (Å²) in [6.07, 6.45) is 2.22. The van der Waals surface area contributed by atoms with Crippen molar-refractivity contribution in [2.45, 2.75) is 25.4 Å². The summed E-state index contributed by atoms with van der Waals surface area (Å²) in [5.41, 5.74) is 3.98. The molecule has 0 aliphatic carbocycles. The van der Waals surface area contributed by atoms with E-state index in [2.05, 4.69) is 53.4 Å². The van der Waals surface area contributed by atoms with Gasteiger partial charge in [0.1, 0.15) is 12.1 Å². The molecular formula is C26H24N4O2. The maximum Gasteiger partial charge on any atom is 0.261 e. The Labute approximate surface area is 187 Å². The van der Waals surface area contributed by atoms with Gasteiger partial charge in [0.25, 0.3) is 5.91 Å². The van der Waals surface area contributed by atoms with Crippen molar-refractivity contribution in [3.8, 4) is 5.75 Å². The number of anilines is 1. The number of nitrogens with zero attached hydrogens (tertiary/aromatic N) is 4. The van der Waals surface area contributed by atoms with Gasteiger partial charge in [-0.25, -0.2) is 4.68 Å². The minimum atomic E-state index is -0.174. The lowest BCUT2D eigenvalue weighted by atomic mass is 9.91. The summed E-state index contributed by atoms with van der Waals surface area (Å²) in [7, 11) is 1.61. The number of ether oxygens (including phenoxy) is 1. The quantitative estimate of drug-likeness (QED) is 0.464. The lowest BCUT2D eigenvalue weighted by molar-refractivity contribution is 0.0963. The van der Waals surface area contributed by atoms with Crippen molar-refractivity contribution < 1.29 is 9.53 Å². The minimum absolute atomic E-state index is 0.0140. The largest absolute Gasteiger partial charge is 0.497 e. The van der Waals surface area contributed by atoms with E-state index in [0.29, 0.717) is 23.7 Å². The van der Waals surface area contributed by atoms with Crippen LogP contribution in [0.5, 0.6) is 5.75 Å². The van der Waals surface area contributed by atoms with Gasteiger partial charge < -0.3 is 4.74 Å². The van der Waals surface area contributed by atoms with Crippen LogP contribution in [0.15, 0.2) is 85.2 Å². The number of benzene rings is 3. The van der Waals surface area contributed by atoms with E-state index in [1.165, 1.54) is 11.9 Å². The summed E-state index contributed by atoms with van der Waals surface area (Å²) in [5, 5.41) is 4.50. The van der Waals surface area contributed by atoms with Crippen LogP contribution in [0.3, 0.4) is 0 Å². The maximum absolute atomic E-state index is 13.8. The predicted molar refractivity (Wildman–Crippen MR) is 123 cm³/mol. The van der Waals surface area contributed by atoms with Crippen LogP contribution in [0.25, 0.3) is 0 Å². The zero-order valence-corrected chi connectivity index (χ0v) is 18.1. The number of carbonyl (C=O) groups excluding carboxylic acids is 1. The molecule has 1 amide bonds. The number of hydrogen-bond acceptors (Lipinski definition) is 4. The van der Waals surface area contributed by atoms with Crippen molar-refractivity contribution in [2.75, 3.05) is 12.0 Å². The Balaban J connectivity index is 1.62. The highest BCUT2D eigenvalue weighted by Gasteiger charge is 2.39. The molecular weight excluding hydrogens is 400 g/mol. The summed E-state index contributed by atoms with van der Waals surface area (Å²) < 4.78 is 7.11. The summed E-state index contributed by atoms with van der Waals surface area (Å²) in [5.74, 6) is 1.15. The molecule has 0 bridgehead atoms. The first-order chi connectivity index (χ1) is 15.7. The van der Waals surface area contributed by atoms with E-state index in [1.807, 2.05) is 22.9 Å². The maximum atomic E-state index is 13.8. The van der Waals surface area contributed by atoms with Gasteiger partial charge in [-0.1, -0.05) is 60.2 Å². The average molecular weight is 425 g/mol. The van der Waals surface area contributed by atoms with Gasteiger partial charge in [0.05, 0.1) is 19.2 Å². The molecule has 0 saturated heterocycles. The number of aromatic nitrogens is 3. The topological polar surface area (TPSA) is 60.2 Å². The second-order valence-corrected chi connectivity index (χ2v) is 8.00. The van der Waals surface area contributed by atoms with Gasteiger partial charge >= 0.3 is 0 Å². The lowest BCUT2D eigenvalue weighted by Crippen LogP contribution is -2.42. The van der Waals surface area contributed by atoms with Crippen molar-refractivity contribution >= 4 is 11.9 Å². The van der Waals surface area contributed by atoms with Crippen LogP contribution in [0.2, 0.25) is 0 Å². The number of methoxy groups -OCH3 is 1. The van der Waals surface area contributed by atoms with E-state index in [-0.39, 0.29) is 18.0 Å². The van der Waals surface area contributed by atoms with E-state index in [1.54, 1.807) is 36.3 Å². The van der Waals surface area contributed by atoms with Gasteiger partial charge in [0, 0.05) is 5.56 Å². The van der Waals surface area contributed by atoms with Crippen molar-refractivity contribution in [1.29, 1.82) is 0 Å². The molecule has 0 spiro atoms. The molecule has 1 aliphatic heterocycles. The summed E-state index contributed by atoms with van der Waals surface area (Å²) >= 11 is 0. The first kappa shape index (κ1) is 20.0. The van der Waals surface area contributed by atoms with Gasteiger partial charge in [0.2, 0.25) is 5.95 Å². The van der Waals surface area contributed by atoms with E-state index in [4.69, 9.17) is 4.74 Å². The first-order valence-corrected chi connectivity index (χ1v) is 10.6. The Hall–Kier alpha value is -3.93.